The van der Waals surface area contributed by atoms with E-state index >= 15 is 0 Å². The minimum atomic E-state index is -0.103. The minimum Gasteiger partial charge on any atom is -0.231 e. The molecule has 0 amide bonds. The van der Waals surface area contributed by atoms with Crippen molar-refractivity contribution in [1.29, 1.82) is 21.0 Å². The molecule has 4 heterocycles. The zero-order valence-electron chi connectivity index (χ0n) is 18.0. The molecule has 0 atom stereocenters. The third-order valence-electron chi connectivity index (χ3n) is 5.49. The van der Waals surface area contributed by atoms with E-state index in [2.05, 4.69) is 34.9 Å². The molecule has 0 bridgehead atoms. The van der Waals surface area contributed by atoms with Crippen molar-refractivity contribution in [3.63, 3.8) is 0 Å². The van der Waals surface area contributed by atoms with E-state index in [1.54, 1.807) is 12.1 Å². The van der Waals surface area contributed by atoms with E-state index in [9.17, 15) is 21.0 Å². The smallest absolute Gasteiger partial charge is 0.199 e. The van der Waals surface area contributed by atoms with Gasteiger partial charge in [-0.15, -0.1) is 0 Å². The average Bonchev–Trinajstić information content (AvgIpc) is 2.92. The van der Waals surface area contributed by atoms with E-state index in [1.165, 1.54) is 0 Å². The highest BCUT2D eigenvalue weighted by Crippen LogP contribution is 2.28. The number of benzene rings is 2. The summed E-state index contributed by atoms with van der Waals surface area (Å²) in [6.07, 6.45) is 0. The van der Waals surface area contributed by atoms with E-state index in [1.807, 2.05) is 54.6 Å². The second-order valence-corrected chi connectivity index (χ2v) is 7.60. The van der Waals surface area contributed by atoms with Crippen LogP contribution in [-0.4, -0.2) is 34.9 Å². The zero-order valence-corrected chi connectivity index (χ0v) is 18.0. The quantitative estimate of drug-likeness (QED) is 0.327. The summed E-state index contributed by atoms with van der Waals surface area (Å²) in [4.78, 5) is 30.1. The maximum absolute atomic E-state index is 9.25. The molecule has 0 aliphatic heterocycles. The summed E-state index contributed by atoms with van der Waals surface area (Å²) in [5.41, 5.74) is 4.25. The van der Waals surface area contributed by atoms with Gasteiger partial charge in [-0.3, -0.25) is 0 Å². The Bertz CT molecular complexity index is 1950. The molecule has 0 aliphatic rings. The Labute approximate surface area is 201 Å². The molecule has 0 unspecified atom stereocenters. The van der Waals surface area contributed by atoms with Crippen molar-refractivity contribution in [3.05, 3.63) is 65.2 Å². The highest BCUT2D eigenvalue weighted by Gasteiger charge is 2.13. The number of nitrogens with zero attached hydrogens (tertiary/aromatic N) is 11. The molecule has 2 aromatic carbocycles. The van der Waals surface area contributed by atoms with Crippen LogP contribution >= 0.6 is 0 Å². The molecule has 11 heteroatoms. The number of hydrogen-bond donors (Lipinski definition) is 0. The lowest BCUT2D eigenvalue weighted by atomic mass is 10.0. The SMILES string of the molecule is N#Cc1nc2cc3cc(-c4ccc5nc6nc(C#N)c(C#N)nc6nc5c4)ccc3nc2nc1C#N. The normalized spacial score (nSPS) is 10.7. The van der Waals surface area contributed by atoms with Crippen LogP contribution in [0.15, 0.2) is 42.5 Å². The number of aromatic nitrogens is 7. The van der Waals surface area contributed by atoms with Crippen molar-refractivity contribution in [2.24, 2.45) is 0 Å². The predicted molar refractivity (Wildman–Crippen MR) is 125 cm³/mol. The highest BCUT2D eigenvalue weighted by molar-refractivity contribution is 5.93. The van der Waals surface area contributed by atoms with Gasteiger partial charge in [0.2, 0.25) is 0 Å². The van der Waals surface area contributed by atoms with Gasteiger partial charge < -0.3 is 0 Å². The molecule has 0 N–H and O–H groups in total. The maximum atomic E-state index is 9.25. The van der Waals surface area contributed by atoms with Crippen LogP contribution in [0.1, 0.15) is 22.8 Å². The van der Waals surface area contributed by atoms with Crippen molar-refractivity contribution >= 4 is 44.4 Å². The van der Waals surface area contributed by atoms with Crippen molar-refractivity contribution in [3.8, 4) is 35.4 Å². The van der Waals surface area contributed by atoms with Crippen LogP contribution in [0.3, 0.4) is 0 Å². The van der Waals surface area contributed by atoms with Crippen LogP contribution in [0.2, 0.25) is 0 Å². The Morgan fingerprint density at radius 2 is 0.917 bits per heavy atom. The average molecular weight is 461 g/mol. The van der Waals surface area contributed by atoms with Crippen molar-refractivity contribution in [2.75, 3.05) is 0 Å². The number of hydrogen-bond acceptors (Lipinski definition) is 11. The number of pyridine rings is 1. The number of nitriles is 4. The maximum Gasteiger partial charge on any atom is 0.199 e. The Morgan fingerprint density at radius 1 is 0.417 bits per heavy atom. The highest BCUT2D eigenvalue weighted by atomic mass is 15.0. The van der Waals surface area contributed by atoms with Gasteiger partial charge in [-0.05, 0) is 41.5 Å². The molecule has 0 saturated heterocycles. The van der Waals surface area contributed by atoms with Crippen LogP contribution in [0.5, 0.6) is 0 Å². The topological polar surface area (TPSA) is 185 Å². The summed E-state index contributed by atoms with van der Waals surface area (Å²) in [6, 6.07) is 20.4. The van der Waals surface area contributed by atoms with E-state index < -0.39 is 0 Å². The van der Waals surface area contributed by atoms with E-state index in [-0.39, 0.29) is 39.7 Å². The van der Waals surface area contributed by atoms with Gasteiger partial charge >= 0.3 is 0 Å². The predicted octanol–water partition coefficient (Wildman–Crippen LogP) is 3.22. The Hall–Kier alpha value is -6.17. The molecule has 0 fully saturated rings. The summed E-state index contributed by atoms with van der Waals surface area (Å²) in [5.74, 6) is 0. The summed E-state index contributed by atoms with van der Waals surface area (Å²) in [7, 11) is 0. The fraction of sp³-hybridized carbons (Fsp3) is 0. The molecule has 11 nitrogen and oxygen atoms in total. The third-order valence-corrected chi connectivity index (χ3v) is 5.49. The van der Waals surface area contributed by atoms with Gasteiger partial charge in [0.15, 0.2) is 39.7 Å². The summed E-state index contributed by atoms with van der Waals surface area (Å²) in [5, 5.41) is 37.6. The zero-order chi connectivity index (χ0) is 24.8. The Kier molecular flexibility index (Phi) is 4.37. The monoisotopic (exact) mass is 461 g/mol. The molecule has 0 spiro atoms. The first-order valence-corrected chi connectivity index (χ1v) is 10.3. The molecule has 4 aromatic heterocycles. The third kappa shape index (κ3) is 3.14. The van der Waals surface area contributed by atoms with Gasteiger partial charge in [0.05, 0.1) is 16.6 Å². The first-order valence-electron chi connectivity index (χ1n) is 10.3. The Morgan fingerprint density at radius 3 is 1.56 bits per heavy atom. The lowest BCUT2D eigenvalue weighted by Gasteiger charge is -2.07. The number of rotatable bonds is 1. The van der Waals surface area contributed by atoms with Gasteiger partial charge in [-0.1, -0.05) is 12.1 Å². The molecule has 162 valence electrons. The van der Waals surface area contributed by atoms with Crippen molar-refractivity contribution in [1.82, 2.24) is 34.9 Å². The molecule has 36 heavy (non-hydrogen) atoms. The van der Waals surface area contributed by atoms with Crippen LogP contribution in [-0.2, 0) is 0 Å². The molecule has 0 radical (unpaired) electrons. The van der Waals surface area contributed by atoms with Gasteiger partial charge in [0.25, 0.3) is 0 Å². The van der Waals surface area contributed by atoms with E-state index in [4.69, 9.17) is 0 Å². The van der Waals surface area contributed by atoms with Crippen molar-refractivity contribution < 1.29 is 0 Å². The summed E-state index contributed by atoms with van der Waals surface area (Å²) in [6.45, 7) is 0. The van der Waals surface area contributed by atoms with Crippen LogP contribution in [0, 0.1) is 45.3 Å². The van der Waals surface area contributed by atoms with Crippen molar-refractivity contribution in [2.45, 2.75) is 0 Å². The molecule has 0 aliphatic carbocycles. The second-order valence-electron chi connectivity index (χ2n) is 7.60. The van der Waals surface area contributed by atoms with Crippen LogP contribution in [0.25, 0.3) is 55.5 Å². The van der Waals surface area contributed by atoms with Gasteiger partial charge in [-0.25, -0.2) is 34.9 Å². The first kappa shape index (κ1) is 20.4. The standard InChI is InChI=1S/C25H7N11/c26-8-19-20(9-27)34-23-18(30-19)7-14-5-12(1-3-15(14)31-23)13-2-4-16-17(6-13)33-25-24(32-16)35-21(10-28)22(11-29)36-25/h1-7H. The lowest BCUT2D eigenvalue weighted by molar-refractivity contribution is 1.14. The molecule has 0 saturated carbocycles. The molecular formula is C25H7N11. The lowest BCUT2D eigenvalue weighted by Crippen LogP contribution is -2.00. The van der Waals surface area contributed by atoms with E-state index in [0.717, 1.165) is 16.5 Å². The summed E-state index contributed by atoms with van der Waals surface area (Å²) < 4.78 is 0. The fourth-order valence-electron chi connectivity index (χ4n) is 3.83. The molecular weight excluding hydrogens is 454 g/mol. The van der Waals surface area contributed by atoms with E-state index in [0.29, 0.717) is 22.1 Å². The largest absolute Gasteiger partial charge is 0.231 e. The minimum absolute atomic E-state index is 0.0489. The van der Waals surface area contributed by atoms with Crippen LogP contribution in [0.4, 0.5) is 0 Å². The molecule has 6 aromatic rings. The van der Waals surface area contributed by atoms with Gasteiger partial charge in [0, 0.05) is 5.39 Å². The van der Waals surface area contributed by atoms with Gasteiger partial charge in [0.1, 0.15) is 29.8 Å². The first-order chi connectivity index (χ1) is 17.6. The molecule has 6 rings (SSSR count). The second kappa shape index (κ2) is 7.71. The summed E-state index contributed by atoms with van der Waals surface area (Å²) >= 11 is 0. The fourth-order valence-corrected chi connectivity index (χ4v) is 3.83. The number of fused-ring (bicyclic) bond motifs is 4. The van der Waals surface area contributed by atoms with Gasteiger partial charge in [-0.2, -0.15) is 21.0 Å². The Balaban J connectivity index is 1.49. The van der Waals surface area contributed by atoms with Crippen LogP contribution < -0.4 is 0 Å².